The third kappa shape index (κ3) is 4.76. The summed E-state index contributed by atoms with van der Waals surface area (Å²) in [4.78, 5) is 16.0. The molecule has 0 radical (unpaired) electrons. The molecule has 1 unspecified atom stereocenters. The summed E-state index contributed by atoms with van der Waals surface area (Å²) >= 11 is 6.69. The minimum Gasteiger partial charge on any atom is -0.348 e. The van der Waals surface area contributed by atoms with Crippen molar-refractivity contribution < 1.29 is 4.79 Å². The molecule has 0 aliphatic heterocycles. The standard InChI is InChI=1S/C12H16Br2N2O/c1-8(2)10(5-6-13)16-12(17)11-4-3-9(14)7-15-11/h3-4,7-8,10H,5-6H2,1-2H3,(H,16,17). The van der Waals surface area contributed by atoms with E-state index >= 15 is 0 Å². The zero-order valence-corrected chi connectivity index (χ0v) is 13.1. The summed E-state index contributed by atoms with van der Waals surface area (Å²) in [5.41, 5.74) is 0.452. The smallest absolute Gasteiger partial charge is 0.270 e. The average Bonchev–Trinajstić information content (AvgIpc) is 2.29. The van der Waals surface area contributed by atoms with Crippen molar-refractivity contribution in [1.82, 2.24) is 10.3 Å². The zero-order valence-electron chi connectivity index (χ0n) is 9.91. The topological polar surface area (TPSA) is 42.0 Å². The van der Waals surface area contributed by atoms with Gasteiger partial charge < -0.3 is 5.32 Å². The number of halogens is 2. The summed E-state index contributed by atoms with van der Waals surface area (Å²) in [7, 11) is 0. The van der Waals surface area contributed by atoms with E-state index < -0.39 is 0 Å². The molecule has 0 aliphatic carbocycles. The summed E-state index contributed by atoms with van der Waals surface area (Å²) in [6, 6.07) is 3.70. The fourth-order valence-electron chi connectivity index (χ4n) is 1.44. The van der Waals surface area contributed by atoms with Gasteiger partial charge in [-0.05, 0) is 40.4 Å². The number of carbonyl (C=O) groups excluding carboxylic acids is 1. The number of pyridine rings is 1. The number of rotatable bonds is 5. The molecule has 1 aromatic rings. The van der Waals surface area contributed by atoms with Crippen molar-refractivity contribution in [3.63, 3.8) is 0 Å². The van der Waals surface area contributed by atoms with Crippen LogP contribution >= 0.6 is 31.9 Å². The van der Waals surface area contributed by atoms with Crippen LogP contribution in [0, 0.1) is 5.92 Å². The van der Waals surface area contributed by atoms with Gasteiger partial charge in [0.25, 0.3) is 5.91 Å². The highest BCUT2D eigenvalue weighted by Crippen LogP contribution is 2.10. The predicted molar refractivity (Wildman–Crippen MR) is 76.4 cm³/mol. The maximum atomic E-state index is 11.9. The summed E-state index contributed by atoms with van der Waals surface area (Å²) in [6.45, 7) is 4.20. The Hall–Kier alpha value is -0.420. The second-order valence-corrected chi connectivity index (χ2v) is 5.87. The number of amides is 1. The first kappa shape index (κ1) is 14.6. The minimum absolute atomic E-state index is 0.114. The molecule has 1 rings (SSSR count). The van der Waals surface area contributed by atoms with E-state index in [1.54, 1.807) is 12.3 Å². The molecule has 0 saturated carbocycles. The van der Waals surface area contributed by atoms with Crippen LogP contribution in [-0.2, 0) is 0 Å². The van der Waals surface area contributed by atoms with Gasteiger partial charge in [0.15, 0.2) is 0 Å². The number of hydrogen-bond acceptors (Lipinski definition) is 2. The minimum atomic E-state index is -0.114. The number of nitrogens with one attached hydrogen (secondary N) is 1. The largest absolute Gasteiger partial charge is 0.348 e. The Labute approximate surface area is 119 Å². The molecule has 1 N–H and O–H groups in total. The first-order valence-electron chi connectivity index (χ1n) is 5.53. The highest BCUT2D eigenvalue weighted by Gasteiger charge is 2.17. The summed E-state index contributed by atoms with van der Waals surface area (Å²) in [5, 5.41) is 3.89. The monoisotopic (exact) mass is 362 g/mol. The number of hydrogen-bond donors (Lipinski definition) is 1. The molecule has 1 aromatic heterocycles. The number of carbonyl (C=O) groups is 1. The highest BCUT2D eigenvalue weighted by molar-refractivity contribution is 9.10. The van der Waals surface area contributed by atoms with Crippen LogP contribution in [0.3, 0.4) is 0 Å². The molecule has 17 heavy (non-hydrogen) atoms. The zero-order chi connectivity index (χ0) is 12.8. The summed E-state index contributed by atoms with van der Waals surface area (Å²) < 4.78 is 0.870. The molecule has 1 amide bonds. The summed E-state index contributed by atoms with van der Waals surface area (Å²) in [6.07, 6.45) is 2.55. The third-order valence-corrected chi connectivity index (χ3v) is 3.43. The van der Waals surface area contributed by atoms with E-state index in [1.807, 2.05) is 6.07 Å². The molecular formula is C12H16Br2N2O. The van der Waals surface area contributed by atoms with Crippen molar-refractivity contribution in [3.05, 3.63) is 28.5 Å². The number of alkyl halides is 1. The van der Waals surface area contributed by atoms with Gasteiger partial charge in [-0.3, -0.25) is 4.79 Å². The van der Waals surface area contributed by atoms with Crippen molar-refractivity contribution in [1.29, 1.82) is 0 Å². The molecule has 5 heteroatoms. The SMILES string of the molecule is CC(C)C(CCBr)NC(=O)c1ccc(Br)cn1. The van der Waals surface area contributed by atoms with Crippen molar-refractivity contribution in [3.8, 4) is 0 Å². The third-order valence-electron chi connectivity index (χ3n) is 2.50. The first-order chi connectivity index (χ1) is 8.04. The van der Waals surface area contributed by atoms with Crippen LogP contribution in [0.4, 0.5) is 0 Å². The van der Waals surface area contributed by atoms with Crippen molar-refractivity contribution in [2.24, 2.45) is 5.92 Å². The molecular weight excluding hydrogens is 348 g/mol. The van der Waals surface area contributed by atoms with Crippen molar-refractivity contribution >= 4 is 37.8 Å². The van der Waals surface area contributed by atoms with Gasteiger partial charge in [0.2, 0.25) is 0 Å². The van der Waals surface area contributed by atoms with Gasteiger partial charge in [0.1, 0.15) is 5.69 Å². The van der Waals surface area contributed by atoms with Gasteiger partial charge >= 0.3 is 0 Å². The van der Waals surface area contributed by atoms with E-state index in [-0.39, 0.29) is 11.9 Å². The highest BCUT2D eigenvalue weighted by atomic mass is 79.9. The van der Waals surface area contributed by atoms with Crippen LogP contribution in [0.1, 0.15) is 30.8 Å². The van der Waals surface area contributed by atoms with E-state index in [4.69, 9.17) is 0 Å². The molecule has 0 spiro atoms. The molecule has 0 saturated heterocycles. The van der Waals surface area contributed by atoms with Crippen molar-refractivity contribution in [2.45, 2.75) is 26.3 Å². The van der Waals surface area contributed by atoms with Gasteiger partial charge in [-0.15, -0.1) is 0 Å². The van der Waals surface area contributed by atoms with E-state index in [0.29, 0.717) is 11.6 Å². The molecule has 0 fully saturated rings. The van der Waals surface area contributed by atoms with Gasteiger partial charge in [-0.1, -0.05) is 29.8 Å². The van der Waals surface area contributed by atoms with Gasteiger partial charge in [-0.2, -0.15) is 0 Å². The van der Waals surface area contributed by atoms with Crippen LogP contribution in [0.2, 0.25) is 0 Å². The molecule has 0 aromatic carbocycles. The maximum Gasteiger partial charge on any atom is 0.270 e. The fourth-order valence-corrected chi connectivity index (χ4v) is 2.17. The lowest BCUT2D eigenvalue weighted by atomic mass is 10.0. The maximum absolute atomic E-state index is 11.9. The average molecular weight is 364 g/mol. The molecule has 94 valence electrons. The lowest BCUT2D eigenvalue weighted by Crippen LogP contribution is -2.39. The molecule has 3 nitrogen and oxygen atoms in total. The van der Waals surface area contributed by atoms with Gasteiger partial charge in [-0.25, -0.2) is 4.98 Å². The van der Waals surface area contributed by atoms with E-state index in [2.05, 4.69) is 56.0 Å². The van der Waals surface area contributed by atoms with Gasteiger partial charge in [0, 0.05) is 22.0 Å². The van der Waals surface area contributed by atoms with E-state index in [9.17, 15) is 4.79 Å². The van der Waals surface area contributed by atoms with Crippen molar-refractivity contribution in [2.75, 3.05) is 5.33 Å². The summed E-state index contributed by atoms with van der Waals surface area (Å²) in [5.74, 6) is 0.295. The second-order valence-electron chi connectivity index (χ2n) is 4.16. The Kier molecular flexibility index (Phi) is 6.12. The molecule has 0 aliphatic rings. The number of aromatic nitrogens is 1. The van der Waals surface area contributed by atoms with Crippen LogP contribution in [0.5, 0.6) is 0 Å². The lowest BCUT2D eigenvalue weighted by Gasteiger charge is -2.21. The van der Waals surface area contributed by atoms with Crippen LogP contribution < -0.4 is 5.32 Å². The molecule has 1 atom stereocenters. The van der Waals surface area contributed by atoms with E-state index in [1.165, 1.54) is 0 Å². The molecule has 0 bridgehead atoms. The quantitative estimate of drug-likeness (QED) is 0.814. The number of nitrogens with zero attached hydrogens (tertiary/aromatic N) is 1. The Bertz CT molecular complexity index is 365. The lowest BCUT2D eigenvalue weighted by molar-refractivity contribution is 0.0920. The predicted octanol–water partition coefficient (Wildman–Crippen LogP) is 3.38. The van der Waals surface area contributed by atoms with E-state index in [0.717, 1.165) is 16.2 Å². The van der Waals surface area contributed by atoms with Crippen LogP contribution in [-0.4, -0.2) is 22.3 Å². The molecule has 1 heterocycles. The Morgan fingerprint density at radius 2 is 2.18 bits per heavy atom. The van der Waals surface area contributed by atoms with Crippen LogP contribution in [0.25, 0.3) is 0 Å². The second kappa shape index (κ2) is 7.11. The Balaban J connectivity index is 2.66. The van der Waals surface area contributed by atoms with Gasteiger partial charge in [0.05, 0.1) is 0 Å². The normalized spacial score (nSPS) is 12.5. The Morgan fingerprint density at radius 3 is 2.65 bits per heavy atom. The first-order valence-corrected chi connectivity index (χ1v) is 7.44. The Morgan fingerprint density at radius 1 is 1.47 bits per heavy atom. The van der Waals surface area contributed by atoms with Crippen LogP contribution in [0.15, 0.2) is 22.8 Å². The fraction of sp³-hybridized carbons (Fsp3) is 0.500.